The summed E-state index contributed by atoms with van der Waals surface area (Å²) in [4.78, 5) is 25.7. The Morgan fingerprint density at radius 1 is 1.26 bits per heavy atom. The van der Waals surface area contributed by atoms with Crippen molar-refractivity contribution in [2.75, 3.05) is 38.8 Å². The number of hydrogen-bond acceptors (Lipinski definition) is 6. The van der Waals surface area contributed by atoms with Crippen molar-refractivity contribution < 1.29 is 14.3 Å². The number of aromatic nitrogens is 2. The van der Waals surface area contributed by atoms with Gasteiger partial charge in [0.1, 0.15) is 6.04 Å². The van der Waals surface area contributed by atoms with Crippen molar-refractivity contribution in [3.63, 3.8) is 0 Å². The first-order valence-corrected chi connectivity index (χ1v) is 8.10. The standard InChI is InChI=1S/C16H24N4O3/c1-11-8-14(23-3)18-16(17-11)20-10-12(22-2)9-13(20)15(21)19-6-4-5-7-19/h8,12-13H,4-7,9-10H2,1-3H3/t12-,13-/m0/s1. The first-order chi connectivity index (χ1) is 11.1. The maximum absolute atomic E-state index is 12.9. The van der Waals surface area contributed by atoms with E-state index in [-0.39, 0.29) is 18.1 Å². The third kappa shape index (κ3) is 3.24. The predicted octanol–water partition coefficient (Wildman–Crippen LogP) is 1.01. The van der Waals surface area contributed by atoms with Gasteiger partial charge >= 0.3 is 0 Å². The van der Waals surface area contributed by atoms with Crippen molar-refractivity contribution in [1.29, 1.82) is 0 Å². The van der Waals surface area contributed by atoms with E-state index in [4.69, 9.17) is 9.47 Å². The lowest BCUT2D eigenvalue weighted by Crippen LogP contribution is -2.45. The molecular formula is C16H24N4O3. The topological polar surface area (TPSA) is 67.8 Å². The maximum atomic E-state index is 12.9. The minimum absolute atomic E-state index is 0.0154. The minimum Gasteiger partial charge on any atom is -0.481 e. The first kappa shape index (κ1) is 16.0. The fourth-order valence-corrected chi connectivity index (χ4v) is 3.33. The Labute approximate surface area is 136 Å². The second kappa shape index (κ2) is 6.70. The lowest BCUT2D eigenvalue weighted by Gasteiger charge is -2.27. The number of likely N-dealkylation sites (tertiary alicyclic amines) is 1. The first-order valence-electron chi connectivity index (χ1n) is 8.10. The molecule has 2 fully saturated rings. The summed E-state index contributed by atoms with van der Waals surface area (Å²) in [6, 6.07) is 1.52. The van der Waals surface area contributed by atoms with E-state index in [1.807, 2.05) is 16.7 Å². The molecule has 0 bridgehead atoms. The minimum atomic E-state index is -0.260. The van der Waals surface area contributed by atoms with Gasteiger partial charge in [-0.05, 0) is 19.8 Å². The van der Waals surface area contributed by atoms with Gasteiger partial charge in [0.05, 0.1) is 13.2 Å². The number of carbonyl (C=O) groups is 1. The highest BCUT2D eigenvalue weighted by molar-refractivity contribution is 5.85. The molecule has 0 aromatic carbocycles. The number of carbonyl (C=O) groups excluding carboxylic acids is 1. The highest BCUT2D eigenvalue weighted by Crippen LogP contribution is 2.28. The third-order valence-electron chi connectivity index (χ3n) is 4.58. The van der Waals surface area contributed by atoms with Gasteiger partial charge in [-0.2, -0.15) is 4.98 Å². The van der Waals surface area contributed by atoms with E-state index in [1.165, 1.54) is 0 Å². The Bertz CT molecular complexity index is 574. The highest BCUT2D eigenvalue weighted by Gasteiger charge is 2.41. The zero-order valence-electron chi connectivity index (χ0n) is 14.0. The molecule has 0 saturated carbocycles. The summed E-state index contributed by atoms with van der Waals surface area (Å²) in [6.45, 7) is 4.21. The molecule has 2 aliphatic rings. The SMILES string of the molecule is COc1cc(C)nc(N2C[C@@H](OC)C[C@H]2C(=O)N2CCCC2)n1. The van der Waals surface area contributed by atoms with Gasteiger partial charge < -0.3 is 19.3 Å². The Morgan fingerprint density at radius 2 is 2.00 bits per heavy atom. The Kier molecular flexibility index (Phi) is 4.66. The second-order valence-electron chi connectivity index (χ2n) is 6.15. The van der Waals surface area contributed by atoms with Gasteiger partial charge in [0, 0.05) is 44.9 Å². The van der Waals surface area contributed by atoms with E-state index in [9.17, 15) is 4.79 Å². The van der Waals surface area contributed by atoms with Crippen LogP contribution in [0.3, 0.4) is 0 Å². The van der Waals surface area contributed by atoms with E-state index in [1.54, 1.807) is 20.3 Å². The van der Waals surface area contributed by atoms with Crippen LogP contribution in [0.5, 0.6) is 5.88 Å². The molecule has 0 unspecified atom stereocenters. The Balaban J connectivity index is 1.88. The molecule has 3 rings (SSSR count). The molecule has 23 heavy (non-hydrogen) atoms. The van der Waals surface area contributed by atoms with Crippen LogP contribution in [0, 0.1) is 6.92 Å². The smallest absolute Gasteiger partial charge is 0.245 e. The zero-order valence-corrected chi connectivity index (χ0v) is 14.0. The van der Waals surface area contributed by atoms with Crippen LogP contribution < -0.4 is 9.64 Å². The normalized spacial score (nSPS) is 24.3. The van der Waals surface area contributed by atoms with Crippen LogP contribution in [0.1, 0.15) is 25.0 Å². The third-order valence-corrected chi connectivity index (χ3v) is 4.58. The summed E-state index contributed by atoms with van der Waals surface area (Å²) in [6.07, 6.45) is 2.86. The van der Waals surface area contributed by atoms with E-state index < -0.39 is 0 Å². The maximum Gasteiger partial charge on any atom is 0.245 e. The lowest BCUT2D eigenvalue weighted by molar-refractivity contribution is -0.131. The van der Waals surface area contributed by atoms with Crippen LogP contribution in [-0.2, 0) is 9.53 Å². The number of ether oxygens (including phenoxy) is 2. The van der Waals surface area contributed by atoms with Gasteiger partial charge in [-0.15, -0.1) is 0 Å². The van der Waals surface area contributed by atoms with Gasteiger partial charge in [0.2, 0.25) is 17.7 Å². The molecule has 0 spiro atoms. The average Bonchev–Trinajstić information content (AvgIpc) is 3.23. The molecule has 1 aromatic rings. The van der Waals surface area contributed by atoms with E-state index in [2.05, 4.69) is 9.97 Å². The quantitative estimate of drug-likeness (QED) is 0.825. The molecule has 0 N–H and O–H groups in total. The number of rotatable bonds is 4. The molecule has 1 aromatic heterocycles. The van der Waals surface area contributed by atoms with E-state index in [0.717, 1.165) is 31.6 Å². The summed E-state index contributed by atoms with van der Waals surface area (Å²) in [5, 5.41) is 0. The molecule has 0 radical (unpaired) electrons. The molecule has 126 valence electrons. The second-order valence-corrected chi connectivity index (χ2v) is 6.15. The van der Waals surface area contributed by atoms with Gasteiger partial charge in [0.25, 0.3) is 0 Å². The van der Waals surface area contributed by atoms with Gasteiger partial charge in [-0.3, -0.25) is 4.79 Å². The number of nitrogens with zero attached hydrogens (tertiary/aromatic N) is 4. The largest absolute Gasteiger partial charge is 0.481 e. The number of amides is 1. The van der Waals surface area contributed by atoms with Gasteiger partial charge in [-0.25, -0.2) is 4.98 Å². The van der Waals surface area contributed by atoms with Crippen molar-refractivity contribution in [3.8, 4) is 5.88 Å². The van der Waals surface area contributed by atoms with Gasteiger partial charge in [-0.1, -0.05) is 0 Å². The van der Waals surface area contributed by atoms with Crippen LogP contribution in [-0.4, -0.2) is 66.8 Å². The van der Waals surface area contributed by atoms with Crippen LogP contribution in [0.2, 0.25) is 0 Å². The fourth-order valence-electron chi connectivity index (χ4n) is 3.33. The van der Waals surface area contributed by atoms with Crippen LogP contribution in [0.4, 0.5) is 5.95 Å². The van der Waals surface area contributed by atoms with Crippen molar-refractivity contribution in [2.24, 2.45) is 0 Å². The highest BCUT2D eigenvalue weighted by atomic mass is 16.5. The van der Waals surface area contributed by atoms with Gasteiger partial charge in [0.15, 0.2) is 0 Å². The molecule has 2 aliphatic heterocycles. The summed E-state index contributed by atoms with van der Waals surface area (Å²) in [5.41, 5.74) is 0.820. The molecule has 7 heteroatoms. The van der Waals surface area contributed by atoms with Crippen LogP contribution in [0.15, 0.2) is 6.07 Å². The lowest BCUT2D eigenvalue weighted by atomic mass is 10.1. The van der Waals surface area contributed by atoms with Crippen LogP contribution in [0.25, 0.3) is 0 Å². The monoisotopic (exact) mass is 320 g/mol. The number of anilines is 1. The fraction of sp³-hybridized carbons (Fsp3) is 0.688. The van der Waals surface area contributed by atoms with Crippen LogP contribution >= 0.6 is 0 Å². The molecule has 0 aliphatic carbocycles. The zero-order chi connectivity index (χ0) is 16.4. The summed E-state index contributed by atoms with van der Waals surface area (Å²) in [5.74, 6) is 1.21. The van der Waals surface area contributed by atoms with Crippen molar-refractivity contribution in [2.45, 2.75) is 38.3 Å². The number of methoxy groups -OCH3 is 2. The molecule has 3 heterocycles. The number of hydrogen-bond donors (Lipinski definition) is 0. The Hall–Kier alpha value is -1.89. The molecular weight excluding hydrogens is 296 g/mol. The average molecular weight is 320 g/mol. The van der Waals surface area contributed by atoms with Crippen molar-refractivity contribution in [1.82, 2.24) is 14.9 Å². The Morgan fingerprint density at radius 3 is 2.65 bits per heavy atom. The molecule has 1 amide bonds. The summed E-state index contributed by atoms with van der Waals surface area (Å²) >= 11 is 0. The van der Waals surface area contributed by atoms with E-state index in [0.29, 0.717) is 24.8 Å². The molecule has 2 atom stereocenters. The summed E-state index contributed by atoms with van der Waals surface area (Å²) in [7, 11) is 3.27. The van der Waals surface area contributed by atoms with E-state index >= 15 is 0 Å². The molecule has 7 nitrogen and oxygen atoms in total. The molecule has 2 saturated heterocycles. The van der Waals surface area contributed by atoms with Crippen molar-refractivity contribution >= 4 is 11.9 Å². The predicted molar refractivity (Wildman–Crippen MR) is 85.7 cm³/mol. The number of aryl methyl sites for hydroxylation is 1. The summed E-state index contributed by atoms with van der Waals surface area (Å²) < 4.78 is 10.7. The van der Waals surface area contributed by atoms with Crippen molar-refractivity contribution in [3.05, 3.63) is 11.8 Å².